The third kappa shape index (κ3) is 5.55. The molecule has 3 aromatic rings. The van der Waals surface area contributed by atoms with Crippen molar-refractivity contribution in [2.24, 2.45) is 4.99 Å². The number of aliphatic imine (C=N–C) groups is 1. The van der Waals surface area contributed by atoms with Gasteiger partial charge >= 0.3 is 12.1 Å². The molecule has 2 heterocycles. The molecule has 3 aromatic carbocycles. The Hall–Kier alpha value is -4.47. The number of hydrogen-bond donors (Lipinski definition) is 1. The number of fused-ring (bicyclic) bond motifs is 1. The number of nitrogens with zero attached hydrogens (tertiary/aromatic N) is 2. The smallest absolute Gasteiger partial charge is 0.416 e. The van der Waals surface area contributed by atoms with Gasteiger partial charge in [-0.3, -0.25) is 0 Å². The number of rotatable bonds is 6. The molecule has 0 saturated heterocycles. The van der Waals surface area contributed by atoms with E-state index < -0.39 is 23.8 Å². The molecular weight excluding hydrogens is 511 g/mol. The van der Waals surface area contributed by atoms with Gasteiger partial charge in [0.25, 0.3) is 0 Å². The Labute approximate surface area is 223 Å². The molecule has 2 aliphatic heterocycles. The first-order valence-electron chi connectivity index (χ1n) is 12.2. The zero-order chi connectivity index (χ0) is 27.6. The molecule has 0 aliphatic carbocycles. The third-order valence-corrected chi connectivity index (χ3v) is 6.59. The summed E-state index contributed by atoms with van der Waals surface area (Å²) in [5.41, 5.74) is 2.19. The van der Waals surface area contributed by atoms with Crippen molar-refractivity contribution in [1.82, 2.24) is 10.2 Å². The van der Waals surface area contributed by atoms with E-state index in [-0.39, 0.29) is 19.9 Å². The van der Waals surface area contributed by atoms with Gasteiger partial charge in [-0.1, -0.05) is 48.5 Å². The fraction of sp³-hybridized carbons (Fsp3) is 0.241. The summed E-state index contributed by atoms with van der Waals surface area (Å²) in [5.74, 6) is 1.14. The topological polar surface area (TPSA) is 72.4 Å². The first kappa shape index (κ1) is 26.1. The van der Waals surface area contributed by atoms with Crippen LogP contribution in [0.4, 0.5) is 13.2 Å². The van der Waals surface area contributed by atoms with E-state index in [2.05, 4.69) is 5.32 Å². The van der Waals surface area contributed by atoms with Crippen molar-refractivity contribution in [1.29, 1.82) is 0 Å². The summed E-state index contributed by atoms with van der Waals surface area (Å²) in [6.45, 7) is 2.19. The number of hydrogen-bond acceptors (Lipinski definition) is 5. The van der Waals surface area contributed by atoms with Crippen LogP contribution in [-0.4, -0.2) is 30.7 Å². The van der Waals surface area contributed by atoms with Gasteiger partial charge in [-0.25, -0.2) is 9.79 Å². The van der Waals surface area contributed by atoms with Gasteiger partial charge in [-0.05, 0) is 47.9 Å². The Morgan fingerprint density at radius 1 is 1.03 bits per heavy atom. The number of guanidine groups is 1. The van der Waals surface area contributed by atoms with Gasteiger partial charge < -0.3 is 24.4 Å². The van der Waals surface area contributed by atoms with Gasteiger partial charge in [-0.2, -0.15) is 13.2 Å². The number of allylic oxidation sites excluding steroid dienone is 1. The predicted octanol–water partition coefficient (Wildman–Crippen LogP) is 5.58. The van der Waals surface area contributed by atoms with Crippen LogP contribution in [0.5, 0.6) is 11.5 Å². The number of carbonyl (C=O) groups excluding carboxylic acids is 1. The van der Waals surface area contributed by atoms with Crippen molar-refractivity contribution in [3.8, 4) is 11.5 Å². The van der Waals surface area contributed by atoms with Gasteiger partial charge in [0.05, 0.1) is 37.4 Å². The van der Waals surface area contributed by atoms with Crippen molar-refractivity contribution in [3.05, 3.63) is 106 Å². The first-order chi connectivity index (χ1) is 18.7. The maximum atomic E-state index is 13.4. The van der Waals surface area contributed by atoms with Crippen LogP contribution in [0.3, 0.4) is 0 Å². The zero-order valence-corrected chi connectivity index (χ0v) is 21.3. The van der Waals surface area contributed by atoms with Crippen molar-refractivity contribution < 1.29 is 32.2 Å². The molecular formula is C29H26F3N3O4. The Morgan fingerprint density at radius 2 is 1.79 bits per heavy atom. The fourth-order valence-electron chi connectivity index (χ4n) is 4.62. The lowest BCUT2D eigenvalue weighted by Gasteiger charge is -2.38. The van der Waals surface area contributed by atoms with Crippen LogP contribution < -0.4 is 14.8 Å². The number of esters is 1. The van der Waals surface area contributed by atoms with Crippen LogP contribution in [0.1, 0.15) is 35.2 Å². The minimum absolute atomic E-state index is 0.0464. The van der Waals surface area contributed by atoms with Crippen LogP contribution in [0.15, 0.2) is 89.1 Å². The molecule has 0 saturated carbocycles. The number of halogens is 3. The van der Waals surface area contributed by atoms with Crippen molar-refractivity contribution in [2.45, 2.75) is 32.2 Å². The van der Waals surface area contributed by atoms with E-state index in [9.17, 15) is 18.0 Å². The van der Waals surface area contributed by atoms with Gasteiger partial charge in [0.2, 0.25) is 6.79 Å². The molecule has 0 radical (unpaired) electrons. The number of methoxy groups -OCH3 is 1. The van der Waals surface area contributed by atoms with Crippen LogP contribution in [0, 0.1) is 0 Å². The molecule has 0 fully saturated rings. The average Bonchev–Trinajstić information content (AvgIpc) is 3.41. The van der Waals surface area contributed by atoms with Gasteiger partial charge in [0, 0.05) is 5.70 Å². The molecule has 0 aromatic heterocycles. The largest absolute Gasteiger partial charge is 0.466 e. The van der Waals surface area contributed by atoms with E-state index in [0.717, 1.165) is 23.3 Å². The van der Waals surface area contributed by atoms with E-state index in [1.165, 1.54) is 13.2 Å². The summed E-state index contributed by atoms with van der Waals surface area (Å²) >= 11 is 0. The molecule has 39 heavy (non-hydrogen) atoms. The van der Waals surface area contributed by atoms with Crippen LogP contribution >= 0.6 is 0 Å². The van der Waals surface area contributed by atoms with Gasteiger partial charge in [0.1, 0.15) is 0 Å². The maximum Gasteiger partial charge on any atom is 0.416 e. The van der Waals surface area contributed by atoms with Gasteiger partial charge in [-0.15, -0.1) is 0 Å². The molecule has 0 spiro atoms. The monoisotopic (exact) mass is 537 g/mol. The number of nitrogens with one attached hydrogen (secondary N) is 1. The summed E-state index contributed by atoms with van der Waals surface area (Å²) in [6, 6.07) is 19.4. The number of ether oxygens (including phenoxy) is 3. The molecule has 5 rings (SSSR count). The van der Waals surface area contributed by atoms with Crippen molar-refractivity contribution in [2.75, 3.05) is 13.9 Å². The molecule has 7 nitrogen and oxygen atoms in total. The summed E-state index contributed by atoms with van der Waals surface area (Å²) in [4.78, 5) is 19.5. The van der Waals surface area contributed by atoms with Crippen LogP contribution in [-0.2, 0) is 28.8 Å². The van der Waals surface area contributed by atoms with Gasteiger partial charge in [0.15, 0.2) is 17.5 Å². The highest BCUT2D eigenvalue weighted by molar-refractivity contribution is 5.96. The van der Waals surface area contributed by atoms with E-state index in [1.807, 2.05) is 42.5 Å². The predicted molar refractivity (Wildman–Crippen MR) is 138 cm³/mol. The summed E-state index contributed by atoms with van der Waals surface area (Å²) in [5, 5.41) is 3.34. The zero-order valence-electron chi connectivity index (χ0n) is 21.3. The highest BCUT2D eigenvalue weighted by Gasteiger charge is 2.36. The standard InChI is InChI=1S/C29H26F3N3O4/c1-18-25(27(36)37-2)26(21-8-4-3-5-9-21)34-28(33-15-19-11-12-23-24(14-19)39-17-38-23)35(18)16-20-7-6-10-22(13-20)29(30,31)32/h3-14,26H,15-17H2,1-2H3,(H,33,34). The lowest BCUT2D eigenvalue weighted by atomic mass is 9.94. The lowest BCUT2D eigenvalue weighted by Crippen LogP contribution is -2.48. The molecule has 1 N–H and O–H groups in total. The van der Waals surface area contributed by atoms with Crippen LogP contribution in [0.2, 0.25) is 0 Å². The fourth-order valence-corrected chi connectivity index (χ4v) is 4.62. The molecule has 202 valence electrons. The molecule has 2 aliphatic rings. The second-order valence-corrected chi connectivity index (χ2v) is 9.09. The SMILES string of the molecule is COC(=O)C1=C(C)N(Cc2cccc(C(F)(F)F)c2)C(=NCc2ccc3c(c2)OCO3)NC1c1ccccc1. The van der Waals surface area contributed by atoms with Crippen molar-refractivity contribution in [3.63, 3.8) is 0 Å². The molecule has 1 atom stereocenters. The maximum absolute atomic E-state index is 13.4. The molecule has 1 unspecified atom stereocenters. The number of alkyl halides is 3. The second kappa shape index (κ2) is 10.7. The van der Waals surface area contributed by atoms with Crippen LogP contribution in [0.25, 0.3) is 0 Å². The summed E-state index contributed by atoms with van der Waals surface area (Å²) in [6.07, 6.45) is -4.48. The third-order valence-electron chi connectivity index (χ3n) is 6.59. The summed E-state index contributed by atoms with van der Waals surface area (Å²) in [7, 11) is 1.30. The molecule has 0 amide bonds. The Morgan fingerprint density at radius 3 is 2.54 bits per heavy atom. The second-order valence-electron chi connectivity index (χ2n) is 9.09. The van der Waals surface area contributed by atoms with E-state index in [0.29, 0.717) is 34.3 Å². The van der Waals surface area contributed by atoms with E-state index in [1.54, 1.807) is 24.0 Å². The lowest BCUT2D eigenvalue weighted by molar-refractivity contribution is -0.138. The van der Waals surface area contributed by atoms with Crippen molar-refractivity contribution >= 4 is 11.9 Å². The minimum Gasteiger partial charge on any atom is -0.466 e. The Kier molecular flexibility index (Phi) is 7.19. The highest BCUT2D eigenvalue weighted by Crippen LogP contribution is 2.35. The Balaban J connectivity index is 1.56. The quantitative estimate of drug-likeness (QED) is 0.414. The molecule has 10 heteroatoms. The van der Waals surface area contributed by atoms with E-state index in [4.69, 9.17) is 19.2 Å². The number of benzene rings is 3. The van der Waals surface area contributed by atoms with E-state index >= 15 is 0 Å². The first-order valence-corrected chi connectivity index (χ1v) is 12.2. The normalized spacial score (nSPS) is 17.8. The molecule has 0 bridgehead atoms. The Bertz CT molecular complexity index is 1440. The highest BCUT2D eigenvalue weighted by atomic mass is 19.4. The number of carbonyl (C=O) groups is 1. The average molecular weight is 538 g/mol. The minimum atomic E-state index is -4.48. The summed E-state index contributed by atoms with van der Waals surface area (Å²) < 4.78 is 56.2.